The number of aromatic amines is 1. The molecule has 6 rings (SSSR count). The van der Waals surface area contributed by atoms with Crippen LogP contribution in [-0.2, 0) is 16.4 Å². The second-order valence-corrected chi connectivity index (χ2v) is 11.3. The molecule has 0 spiro atoms. The topological polar surface area (TPSA) is 127 Å². The molecule has 206 valence electrons. The van der Waals surface area contributed by atoms with E-state index in [1.165, 1.54) is 12.3 Å². The Balaban J connectivity index is 1.49. The number of nitrogens with zero attached hydrogens (tertiary/aromatic N) is 2. The number of rotatable bonds is 8. The maximum atomic E-state index is 13.7. The summed E-state index contributed by atoms with van der Waals surface area (Å²) < 4.78 is 40.4. The van der Waals surface area contributed by atoms with Crippen LogP contribution >= 0.6 is 0 Å². The van der Waals surface area contributed by atoms with Gasteiger partial charge in [0.2, 0.25) is 0 Å². The molecule has 10 heteroatoms. The van der Waals surface area contributed by atoms with Gasteiger partial charge in [0.1, 0.15) is 17.0 Å². The summed E-state index contributed by atoms with van der Waals surface area (Å²) in [6.07, 6.45) is 1.95. The average molecular weight is 567 g/mol. The molecule has 0 aliphatic rings. The first kappa shape index (κ1) is 26.3. The van der Waals surface area contributed by atoms with Crippen LogP contribution in [0.15, 0.2) is 94.5 Å². The van der Waals surface area contributed by atoms with Crippen LogP contribution in [-0.4, -0.2) is 36.1 Å². The summed E-state index contributed by atoms with van der Waals surface area (Å²) >= 11 is 0. The van der Waals surface area contributed by atoms with Crippen molar-refractivity contribution in [3.05, 3.63) is 107 Å². The van der Waals surface area contributed by atoms with Gasteiger partial charge in [-0.1, -0.05) is 54.6 Å². The largest absolute Gasteiger partial charge is 0.493 e. The van der Waals surface area contributed by atoms with Crippen LogP contribution in [0.25, 0.3) is 33.3 Å². The highest BCUT2D eigenvalue weighted by Crippen LogP contribution is 2.37. The third-order valence-corrected chi connectivity index (χ3v) is 8.19. The first-order valence-corrected chi connectivity index (χ1v) is 14.5. The number of amides is 1. The number of para-hydroxylation sites is 1. The van der Waals surface area contributed by atoms with Gasteiger partial charge in [0, 0.05) is 17.4 Å². The summed E-state index contributed by atoms with van der Waals surface area (Å²) in [5.74, 6) is 0.0832. The molecule has 9 nitrogen and oxygen atoms in total. The van der Waals surface area contributed by atoms with Gasteiger partial charge >= 0.3 is 0 Å². The molecule has 3 heterocycles. The van der Waals surface area contributed by atoms with Crippen LogP contribution in [0.4, 0.5) is 0 Å². The smallest absolute Gasteiger partial charge is 0.281 e. The number of carbonyl (C=O) groups excluding carboxylic acids is 1. The molecule has 0 fully saturated rings. The highest BCUT2D eigenvalue weighted by molar-refractivity contribution is 7.90. The van der Waals surface area contributed by atoms with Gasteiger partial charge in [0.05, 0.1) is 29.3 Å². The average Bonchev–Trinajstić information content (AvgIpc) is 3.64. The molecule has 1 amide bonds. The van der Waals surface area contributed by atoms with Crippen molar-refractivity contribution in [3.63, 3.8) is 0 Å². The van der Waals surface area contributed by atoms with Gasteiger partial charge in [0.25, 0.3) is 15.9 Å². The number of hydrogen-bond donors (Lipinski definition) is 2. The number of aromatic nitrogens is 3. The lowest BCUT2D eigenvalue weighted by atomic mass is 10.0. The first-order chi connectivity index (χ1) is 19.8. The Kier molecular flexibility index (Phi) is 6.76. The Morgan fingerprint density at radius 1 is 1.00 bits per heavy atom. The minimum atomic E-state index is -4.22. The third-order valence-electron chi connectivity index (χ3n) is 6.93. The normalized spacial score (nSPS) is 11.7. The zero-order valence-corrected chi connectivity index (χ0v) is 23.2. The lowest BCUT2D eigenvalue weighted by molar-refractivity contribution is 0.0982. The fraction of sp³-hybridized carbons (Fsp3) is 0.129. The van der Waals surface area contributed by atoms with Gasteiger partial charge in [0.15, 0.2) is 10.8 Å². The highest BCUT2D eigenvalue weighted by Gasteiger charge is 2.26. The molecule has 0 saturated carbocycles. The number of H-pyrrole nitrogens is 1. The van der Waals surface area contributed by atoms with Crippen LogP contribution in [0.1, 0.15) is 27.0 Å². The summed E-state index contributed by atoms with van der Waals surface area (Å²) in [4.78, 5) is 18.6. The van der Waals surface area contributed by atoms with Crippen LogP contribution < -0.4 is 9.46 Å². The number of pyridine rings is 1. The molecular formula is C31H26N4O5S. The minimum absolute atomic E-state index is 0.0892. The number of ether oxygens (including phenoxy) is 1. The van der Waals surface area contributed by atoms with E-state index in [0.717, 1.165) is 22.1 Å². The molecule has 0 atom stereocenters. The standard InChI is InChI=1S/C31H26N4O5S/c1-19-12-13-26(39-17-15-21-8-4-3-5-9-21)28-23(31(36)35-41(37,38)27-14-16-32-34-27)18-24(33-29(19)28)30-20(2)22-10-6-7-11-25(22)40-30/h3-14,16,18H,15,17H2,1-2H3,(H,32,34)(H,35,36). The molecule has 0 aliphatic heterocycles. The van der Waals surface area contributed by atoms with E-state index in [1.807, 2.05) is 74.5 Å². The minimum Gasteiger partial charge on any atom is -0.493 e. The van der Waals surface area contributed by atoms with E-state index in [-0.39, 0.29) is 10.6 Å². The number of benzene rings is 3. The number of carbonyl (C=O) groups is 1. The molecule has 2 N–H and O–H groups in total. The zero-order chi connectivity index (χ0) is 28.6. The van der Waals surface area contributed by atoms with Crippen molar-refractivity contribution in [3.8, 4) is 17.2 Å². The summed E-state index contributed by atoms with van der Waals surface area (Å²) in [5, 5.41) is 7.18. The van der Waals surface area contributed by atoms with Gasteiger partial charge in [-0.15, -0.1) is 0 Å². The fourth-order valence-corrected chi connectivity index (χ4v) is 5.70. The quantitative estimate of drug-likeness (QED) is 0.241. The molecule has 0 bridgehead atoms. The predicted molar refractivity (Wildman–Crippen MR) is 155 cm³/mol. The number of nitrogens with one attached hydrogen (secondary N) is 2. The van der Waals surface area contributed by atoms with Crippen molar-refractivity contribution in [2.45, 2.75) is 25.3 Å². The predicted octanol–water partition coefficient (Wildman–Crippen LogP) is 5.73. The van der Waals surface area contributed by atoms with Crippen molar-refractivity contribution in [1.29, 1.82) is 0 Å². The Morgan fingerprint density at radius 3 is 2.54 bits per heavy atom. The van der Waals surface area contributed by atoms with Crippen LogP contribution in [0, 0.1) is 13.8 Å². The van der Waals surface area contributed by atoms with Crippen molar-refractivity contribution in [1.82, 2.24) is 19.9 Å². The Hall–Kier alpha value is -4.96. The SMILES string of the molecule is Cc1c(-c2cc(C(=O)NS(=O)(=O)c3ccn[nH]3)c3c(OCCc4ccccc4)ccc(C)c3n2)oc2ccccc12. The van der Waals surface area contributed by atoms with E-state index in [1.54, 1.807) is 12.1 Å². The van der Waals surface area contributed by atoms with Gasteiger partial charge < -0.3 is 9.15 Å². The summed E-state index contributed by atoms with van der Waals surface area (Å²) in [6, 6.07) is 24.0. The fourth-order valence-electron chi connectivity index (χ4n) is 4.83. The lowest BCUT2D eigenvalue weighted by Crippen LogP contribution is -2.31. The second kappa shape index (κ2) is 10.5. The van der Waals surface area contributed by atoms with Crippen molar-refractivity contribution < 1.29 is 22.4 Å². The van der Waals surface area contributed by atoms with E-state index in [0.29, 0.717) is 46.7 Å². The highest BCUT2D eigenvalue weighted by atomic mass is 32.2. The molecule has 41 heavy (non-hydrogen) atoms. The number of fused-ring (bicyclic) bond motifs is 2. The van der Waals surface area contributed by atoms with E-state index >= 15 is 0 Å². The van der Waals surface area contributed by atoms with Gasteiger partial charge in [-0.2, -0.15) is 13.5 Å². The van der Waals surface area contributed by atoms with Crippen LogP contribution in [0.2, 0.25) is 0 Å². The van der Waals surface area contributed by atoms with E-state index in [9.17, 15) is 13.2 Å². The summed E-state index contributed by atoms with van der Waals surface area (Å²) in [7, 11) is -4.22. The van der Waals surface area contributed by atoms with E-state index in [4.69, 9.17) is 14.1 Å². The maximum absolute atomic E-state index is 13.7. The summed E-state index contributed by atoms with van der Waals surface area (Å²) in [6.45, 7) is 4.15. The molecule has 0 unspecified atom stereocenters. The Labute approximate surface area is 236 Å². The van der Waals surface area contributed by atoms with Crippen molar-refractivity contribution >= 4 is 37.8 Å². The number of hydrogen-bond acceptors (Lipinski definition) is 7. The van der Waals surface area contributed by atoms with Gasteiger partial charge in [-0.25, -0.2) is 9.71 Å². The second-order valence-electron chi connectivity index (χ2n) is 9.65. The van der Waals surface area contributed by atoms with Crippen molar-refractivity contribution in [2.75, 3.05) is 6.61 Å². The lowest BCUT2D eigenvalue weighted by Gasteiger charge is -2.16. The monoisotopic (exact) mass is 566 g/mol. The number of furan rings is 1. The van der Waals surface area contributed by atoms with Gasteiger partial charge in [-0.05, 0) is 49.2 Å². The van der Waals surface area contributed by atoms with Crippen LogP contribution in [0.5, 0.6) is 5.75 Å². The molecule has 0 aliphatic carbocycles. The molecule has 6 aromatic rings. The van der Waals surface area contributed by atoms with E-state index in [2.05, 4.69) is 14.9 Å². The van der Waals surface area contributed by atoms with Crippen LogP contribution in [0.3, 0.4) is 0 Å². The molecular weight excluding hydrogens is 540 g/mol. The first-order valence-electron chi connectivity index (χ1n) is 13.0. The molecule has 3 aromatic heterocycles. The summed E-state index contributed by atoms with van der Waals surface area (Å²) in [5.41, 5.74) is 4.43. The Morgan fingerprint density at radius 2 is 1.78 bits per heavy atom. The van der Waals surface area contributed by atoms with E-state index < -0.39 is 15.9 Å². The van der Waals surface area contributed by atoms with Gasteiger partial charge in [-0.3, -0.25) is 9.89 Å². The zero-order valence-electron chi connectivity index (χ0n) is 22.3. The molecule has 0 saturated heterocycles. The maximum Gasteiger partial charge on any atom is 0.281 e. The number of aryl methyl sites for hydroxylation is 2. The molecule has 3 aromatic carbocycles. The molecule has 0 radical (unpaired) electrons. The van der Waals surface area contributed by atoms with Crippen molar-refractivity contribution in [2.24, 2.45) is 0 Å². The third kappa shape index (κ3) is 5.05. The Bertz CT molecular complexity index is 2000. The number of sulfonamides is 1.